The molecule has 0 aliphatic carbocycles. The van der Waals surface area contributed by atoms with Crippen LogP contribution in [0.15, 0.2) is 23.7 Å². The van der Waals surface area contributed by atoms with E-state index in [1.54, 1.807) is 17.5 Å². The maximum atomic E-state index is 11.8. The lowest BCUT2D eigenvalue weighted by molar-refractivity contribution is 0.0942. The summed E-state index contributed by atoms with van der Waals surface area (Å²) >= 11 is 7.15. The second-order valence-electron chi connectivity index (χ2n) is 4.08. The number of carbonyl (C=O) groups is 1. The highest BCUT2D eigenvalue weighted by atomic mass is 35.5. The molecule has 2 rings (SSSR count). The van der Waals surface area contributed by atoms with Crippen molar-refractivity contribution in [2.75, 3.05) is 19.7 Å². The number of carbonyl (C=O) groups excluding carboxylic acids is 1. The monoisotopic (exact) mass is 326 g/mol. The normalized spacial score (nSPS) is 10.4. The molecule has 2 heterocycles. The second-order valence-corrected chi connectivity index (χ2v) is 5.46. The molecule has 0 saturated carbocycles. The summed E-state index contributed by atoms with van der Waals surface area (Å²) < 4.78 is 5.37. The molecule has 0 atom stereocenters. The standard InChI is InChI=1S/C13H15ClN4O2S/c14-9-1-2-11(17-7-9)20-6-5-16-13(19)10-8-21-12(18-10)3-4-15/h1-2,7-8H,3-6,15H2,(H,16,19). The summed E-state index contributed by atoms with van der Waals surface area (Å²) in [7, 11) is 0. The largest absolute Gasteiger partial charge is 0.476 e. The van der Waals surface area contributed by atoms with E-state index in [4.69, 9.17) is 22.1 Å². The zero-order valence-corrected chi connectivity index (χ0v) is 12.8. The predicted molar refractivity (Wildman–Crippen MR) is 81.9 cm³/mol. The summed E-state index contributed by atoms with van der Waals surface area (Å²) in [4.78, 5) is 20.0. The third-order valence-electron chi connectivity index (χ3n) is 2.48. The van der Waals surface area contributed by atoms with Crippen molar-refractivity contribution in [2.45, 2.75) is 6.42 Å². The van der Waals surface area contributed by atoms with Gasteiger partial charge in [0.1, 0.15) is 12.3 Å². The molecule has 21 heavy (non-hydrogen) atoms. The van der Waals surface area contributed by atoms with Crippen molar-refractivity contribution in [1.82, 2.24) is 15.3 Å². The topological polar surface area (TPSA) is 90.1 Å². The lowest BCUT2D eigenvalue weighted by Gasteiger charge is -2.05. The van der Waals surface area contributed by atoms with Crippen LogP contribution in [0.5, 0.6) is 5.88 Å². The molecule has 0 aliphatic heterocycles. The van der Waals surface area contributed by atoms with E-state index in [0.717, 1.165) is 5.01 Å². The molecule has 0 aliphatic rings. The van der Waals surface area contributed by atoms with Crippen molar-refractivity contribution in [1.29, 1.82) is 0 Å². The number of amides is 1. The summed E-state index contributed by atoms with van der Waals surface area (Å²) in [6.07, 6.45) is 2.19. The molecule has 2 aromatic heterocycles. The lowest BCUT2D eigenvalue weighted by Crippen LogP contribution is -2.28. The van der Waals surface area contributed by atoms with Crippen LogP contribution in [0.2, 0.25) is 5.02 Å². The number of nitrogens with one attached hydrogen (secondary N) is 1. The first-order valence-electron chi connectivity index (χ1n) is 6.36. The van der Waals surface area contributed by atoms with Gasteiger partial charge >= 0.3 is 0 Å². The number of nitrogens with two attached hydrogens (primary N) is 1. The van der Waals surface area contributed by atoms with Gasteiger partial charge in [-0.2, -0.15) is 0 Å². The molecule has 0 unspecified atom stereocenters. The van der Waals surface area contributed by atoms with E-state index >= 15 is 0 Å². The number of nitrogens with zero attached hydrogens (tertiary/aromatic N) is 2. The van der Waals surface area contributed by atoms with Crippen LogP contribution in [-0.4, -0.2) is 35.6 Å². The van der Waals surface area contributed by atoms with Crippen LogP contribution < -0.4 is 15.8 Å². The Kier molecular flexibility index (Phi) is 5.91. The maximum Gasteiger partial charge on any atom is 0.270 e. The quantitative estimate of drug-likeness (QED) is 0.753. The SMILES string of the molecule is NCCc1nc(C(=O)NCCOc2ccc(Cl)cn2)cs1. The summed E-state index contributed by atoms with van der Waals surface area (Å²) in [6, 6.07) is 3.36. The Balaban J connectivity index is 1.72. The molecule has 8 heteroatoms. The van der Waals surface area contributed by atoms with Crippen molar-refractivity contribution in [3.63, 3.8) is 0 Å². The average Bonchev–Trinajstić information content (AvgIpc) is 2.94. The summed E-state index contributed by atoms with van der Waals surface area (Å²) in [5.74, 6) is 0.245. The number of aromatic nitrogens is 2. The Morgan fingerprint density at radius 3 is 3.05 bits per heavy atom. The van der Waals surface area contributed by atoms with Gasteiger partial charge in [-0.1, -0.05) is 11.6 Å². The molecule has 0 aromatic carbocycles. The Bertz CT molecular complexity index is 588. The molecule has 3 N–H and O–H groups in total. The van der Waals surface area contributed by atoms with Crippen molar-refractivity contribution in [3.8, 4) is 5.88 Å². The van der Waals surface area contributed by atoms with E-state index in [0.29, 0.717) is 42.7 Å². The fourth-order valence-corrected chi connectivity index (χ4v) is 2.42. The highest BCUT2D eigenvalue weighted by Crippen LogP contribution is 2.11. The van der Waals surface area contributed by atoms with E-state index < -0.39 is 0 Å². The van der Waals surface area contributed by atoms with Crippen LogP contribution in [0, 0.1) is 0 Å². The van der Waals surface area contributed by atoms with Gasteiger partial charge in [0.25, 0.3) is 5.91 Å². The van der Waals surface area contributed by atoms with Gasteiger partial charge in [-0.05, 0) is 12.6 Å². The smallest absolute Gasteiger partial charge is 0.270 e. The molecular weight excluding hydrogens is 312 g/mol. The van der Waals surface area contributed by atoms with Gasteiger partial charge in [-0.3, -0.25) is 4.79 Å². The minimum absolute atomic E-state index is 0.220. The number of ether oxygens (including phenoxy) is 1. The van der Waals surface area contributed by atoms with Crippen molar-refractivity contribution >= 4 is 28.8 Å². The third-order valence-corrected chi connectivity index (χ3v) is 3.61. The minimum Gasteiger partial charge on any atom is -0.476 e. The first-order chi connectivity index (χ1) is 10.2. The predicted octanol–water partition coefficient (Wildman–Crippen LogP) is 1.50. The summed E-state index contributed by atoms with van der Waals surface area (Å²) in [5, 5.41) is 5.87. The van der Waals surface area contributed by atoms with E-state index in [1.165, 1.54) is 17.5 Å². The van der Waals surface area contributed by atoms with E-state index in [1.807, 2.05) is 0 Å². The fourth-order valence-electron chi connectivity index (χ4n) is 1.51. The number of halogens is 1. The average molecular weight is 327 g/mol. The highest BCUT2D eigenvalue weighted by Gasteiger charge is 2.09. The van der Waals surface area contributed by atoms with Crippen LogP contribution in [0.4, 0.5) is 0 Å². The molecule has 2 aromatic rings. The second kappa shape index (κ2) is 7.92. The molecule has 1 amide bonds. The van der Waals surface area contributed by atoms with E-state index in [-0.39, 0.29) is 5.91 Å². The Morgan fingerprint density at radius 1 is 1.48 bits per heavy atom. The number of pyridine rings is 1. The number of thiazole rings is 1. The van der Waals surface area contributed by atoms with Gasteiger partial charge in [0.05, 0.1) is 16.6 Å². The molecule has 0 fully saturated rings. The number of rotatable bonds is 7. The molecule has 0 radical (unpaired) electrons. The third kappa shape index (κ3) is 4.96. The first kappa shape index (κ1) is 15.7. The van der Waals surface area contributed by atoms with Crippen LogP contribution in [0.3, 0.4) is 0 Å². The zero-order valence-electron chi connectivity index (χ0n) is 11.2. The van der Waals surface area contributed by atoms with Gasteiger partial charge in [0, 0.05) is 24.1 Å². The lowest BCUT2D eigenvalue weighted by atomic mass is 10.4. The van der Waals surface area contributed by atoms with Crippen LogP contribution in [0.1, 0.15) is 15.5 Å². The minimum atomic E-state index is -0.220. The van der Waals surface area contributed by atoms with Crippen molar-refractivity contribution in [3.05, 3.63) is 39.4 Å². The van der Waals surface area contributed by atoms with Crippen LogP contribution >= 0.6 is 22.9 Å². The highest BCUT2D eigenvalue weighted by molar-refractivity contribution is 7.09. The molecule has 0 bridgehead atoms. The molecule has 112 valence electrons. The summed E-state index contributed by atoms with van der Waals surface area (Å²) in [6.45, 7) is 1.21. The van der Waals surface area contributed by atoms with Gasteiger partial charge in [0.15, 0.2) is 0 Å². The van der Waals surface area contributed by atoms with Crippen LogP contribution in [0.25, 0.3) is 0 Å². The van der Waals surface area contributed by atoms with Crippen LogP contribution in [-0.2, 0) is 6.42 Å². The number of hydrogen-bond acceptors (Lipinski definition) is 6. The molecule has 0 saturated heterocycles. The van der Waals surface area contributed by atoms with Crippen molar-refractivity contribution < 1.29 is 9.53 Å². The van der Waals surface area contributed by atoms with Crippen molar-refractivity contribution in [2.24, 2.45) is 5.73 Å². The molecule has 0 spiro atoms. The Hall–Kier alpha value is -1.70. The fraction of sp³-hybridized carbons (Fsp3) is 0.308. The van der Waals surface area contributed by atoms with Gasteiger partial charge in [0.2, 0.25) is 5.88 Å². The molecule has 6 nitrogen and oxygen atoms in total. The van der Waals surface area contributed by atoms with E-state index in [2.05, 4.69) is 15.3 Å². The summed E-state index contributed by atoms with van der Waals surface area (Å²) in [5.41, 5.74) is 5.85. The van der Waals surface area contributed by atoms with E-state index in [9.17, 15) is 4.79 Å². The Morgan fingerprint density at radius 2 is 2.33 bits per heavy atom. The maximum absolute atomic E-state index is 11.8. The first-order valence-corrected chi connectivity index (χ1v) is 7.62. The van der Waals surface area contributed by atoms with Gasteiger partial charge in [-0.25, -0.2) is 9.97 Å². The van der Waals surface area contributed by atoms with Gasteiger partial charge < -0.3 is 15.8 Å². The zero-order chi connectivity index (χ0) is 15.1. The Labute approximate surface area is 131 Å². The van der Waals surface area contributed by atoms with Gasteiger partial charge in [-0.15, -0.1) is 11.3 Å². The molecular formula is C13H15ClN4O2S. The number of hydrogen-bond donors (Lipinski definition) is 2.